The summed E-state index contributed by atoms with van der Waals surface area (Å²) in [6.45, 7) is 9.19. The van der Waals surface area contributed by atoms with Gasteiger partial charge in [0.1, 0.15) is 6.04 Å². The number of nitrogens with one attached hydrogen (secondary N) is 1. The molecule has 0 bridgehead atoms. The zero-order valence-electron chi connectivity index (χ0n) is 20.3. The molecule has 6 nitrogen and oxygen atoms in total. The fourth-order valence-electron chi connectivity index (χ4n) is 4.51. The second kappa shape index (κ2) is 11.2. The number of hydrogen-bond donors (Lipinski definition) is 1. The Balaban J connectivity index is 1.73. The number of likely N-dealkylation sites (tertiary alicyclic amines) is 1. The van der Waals surface area contributed by atoms with Crippen molar-refractivity contribution >= 4 is 21.6 Å². The van der Waals surface area contributed by atoms with Crippen LogP contribution in [-0.2, 0) is 27.9 Å². The van der Waals surface area contributed by atoms with Gasteiger partial charge in [0.25, 0.3) is 0 Å². The van der Waals surface area contributed by atoms with E-state index < -0.39 is 16.1 Å². The van der Waals surface area contributed by atoms with Gasteiger partial charge in [-0.05, 0) is 74.5 Å². The minimum absolute atomic E-state index is 0.287. The molecule has 0 aliphatic carbocycles. The number of hydrogen-bond acceptors (Lipinski definition) is 4. The maximum absolute atomic E-state index is 13.2. The molecule has 7 heteroatoms. The van der Waals surface area contributed by atoms with E-state index in [-0.39, 0.29) is 5.91 Å². The predicted octanol–water partition coefficient (Wildman–Crippen LogP) is 4.15. The van der Waals surface area contributed by atoms with Crippen LogP contribution >= 0.6 is 0 Å². The summed E-state index contributed by atoms with van der Waals surface area (Å²) in [5.41, 5.74) is 4.59. The van der Waals surface area contributed by atoms with Gasteiger partial charge in [-0.1, -0.05) is 49.7 Å². The predicted molar refractivity (Wildman–Crippen MR) is 135 cm³/mol. The number of sulfonamides is 1. The van der Waals surface area contributed by atoms with Crippen LogP contribution in [0.4, 0.5) is 5.69 Å². The number of piperidine rings is 1. The van der Waals surface area contributed by atoms with Crippen molar-refractivity contribution in [2.75, 3.05) is 23.7 Å². The summed E-state index contributed by atoms with van der Waals surface area (Å²) in [5.74, 6) is -0.287. The molecule has 33 heavy (non-hydrogen) atoms. The van der Waals surface area contributed by atoms with Crippen molar-refractivity contribution in [1.82, 2.24) is 10.2 Å². The first-order valence-corrected chi connectivity index (χ1v) is 13.7. The number of carbonyl (C=O) groups is 1. The SMILES string of the molecule is CC[C@@H](C(=O)NCc1cccc(CN2CCCCC2)c1)N(c1cc(C)ccc1C)S(C)(=O)=O. The van der Waals surface area contributed by atoms with Crippen molar-refractivity contribution < 1.29 is 13.2 Å². The lowest BCUT2D eigenvalue weighted by atomic mass is 10.1. The van der Waals surface area contributed by atoms with E-state index in [2.05, 4.69) is 22.3 Å². The third-order valence-corrected chi connectivity index (χ3v) is 7.41. The molecule has 1 aliphatic rings. The second-order valence-electron chi connectivity index (χ2n) is 9.15. The van der Waals surface area contributed by atoms with Gasteiger partial charge in [-0.2, -0.15) is 0 Å². The molecule has 2 aromatic carbocycles. The van der Waals surface area contributed by atoms with Gasteiger partial charge in [0.2, 0.25) is 15.9 Å². The molecule has 1 amide bonds. The molecule has 3 rings (SSSR count). The molecule has 0 unspecified atom stereocenters. The highest BCUT2D eigenvalue weighted by Gasteiger charge is 2.32. The zero-order chi connectivity index (χ0) is 24.0. The first-order chi connectivity index (χ1) is 15.7. The van der Waals surface area contributed by atoms with E-state index in [1.54, 1.807) is 0 Å². The average Bonchev–Trinajstić information content (AvgIpc) is 2.78. The van der Waals surface area contributed by atoms with Crippen LogP contribution < -0.4 is 9.62 Å². The quantitative estimate of drug-likeness (QED) is 0.597. The van der Waals surface area contributed by atoms with E-state index in [1.165, 1.54) is 29.1 Å². The smallest absolute Gasteiger partial charge is 0.244 e. The van der Waals surface area contributed by atoms with Crippen LogP contribution in [0, 0.1) is 13.8 Å². The van der Waals surface area contributed by atoms with Gasteiger partial charge in [-0.3, -0.25) is 14.0 Å². The van der Waals surface area contributed by atoms with Crippen LogP contribution in [0.15, 0.2) is 42.5 Å². The van der Waals surface area contributed by atoms with E-state index in [1.807, 2.05) is 51.1 Å². The molecular formula is C26H37N3O3S. The highest BCUT2D eigenvalue weighted by atomic mass is 32.2. The van der Waals surface area contributed by atoms with Gasteiger partial charge >= 0.3 is 0 Å². The van der Waals surface area contributed by atoms with E-state index in [0.717, 1.165) is 42.6 Å². The number of benzene rings is 2. The lowest BCUT2D eigenvalue weighted by Crippen LogP contribution is -2.49. The largest absolute Gasteiger partial charge is 0.350 e. The van der Waals surface area contributed by atoms with Gasteiger partial charge in [0, 0.05) is 13.1 Å². The highest BCUT2D eigenvalue weighted by molar-refractivity contribution is 7.92. The molecule has 1 N–H and O–H groups in total. The number of aryl methyl sites for hydroxylation is 2. The normalized spacial score (nSPS) is 15.8. The van der Waals surface area contributed by atoms with Crippen LogP contribution in [-0.4, -0.2) is 44.6 Å². The molecule has 2 aromatic rings. The summed E-state index contributed by atoms with van der Waals surface area (Å²) in [4.78, 5) is 15.7. The fraction of sp³-hybridized carbons (Fsp3) is 0.500. The van der Waals surface area contributed by atoms with Crippen molar-refractivity contribution in [1.29, 1.82) is 0 Å². The topological polar surface area (TPSA) is 69.7 Å². The van der Waals surface area contributed by atoms with Crippen molar-refractivity contribution in [3.8, 4) is 0 Å². The molecular weight excluding hydrogens is 434 g/mol. The Labute approximate surface area is 199 Å². The summed E-state index contributed by atoms with van der Waals surface area (Å²) < 4.78 is 26.8. The van der Waals surface area contributed by atoms with Crippen molar-refractivity contribution in [2.45, 2.75) is 65.6 Å². The Morgan fingerprint density at radius 2 is 1.76 bits per heavy atom. The van der Waals surface area contributed by atoms with Crippen LogP contribution in [0.1, 0.15) is 54.9 Å². The molecule has 0 radical (unpaired) electrons. The summed E-state index contributed by atoms with van der Waals surface area (Å²) in [5, 5.41) is 2.98. The van der Waals surface area contributed by atoms with Gasteiger partial charge in [-0.25, -0.2) is 8.42 Å². The Hall–Kier alpha value is -2.38. The first-order valence-electron chi connectivity index (χ1n) is 11.8. The van der Waals surface area contributed by atoms with Gasteiger partial charge in [0.05, 0.1) is 11.9 Å². The molecule has 0 saturated carbocycles. The molecule has 1 heterocycles. The lowest BCUT2D eigenvalue weighted by Gasteiger charge is -2.31. The van der Waals surface area contributed by atoms with E-state index in [9.17, 15) is 13.2 Å². The van der Waals surface area contributed by atoms with E-state index in [0.29, 0.717) is 18.7 Å². The van der Waals surface area contributed by atoms with Crippen LogP contribution in [0.5, 0.6) is 0 Å². The van der Waals surface area contributed by atoms with Crippen molar-refractivity contribution in [2.24, 2.45) is 0 Å². The Morgan fingerprint density at radius 1 is 1.06 bits per heavy atom. The van der Waals surface area contributed by atoms with Crippen molar-refractivity contribution in [3.63, 3.8) is 0 Å². The number of rotatable bonds is 9. The van der Waals surface area contributed by atoms with Gasteiger partial charge < -0.3 is 5.32 Å². The van der Waals surface area contributed by atoms with Gasteiger partial charge in [-0.15, -0.1) is 0 Å². The molecule has 0 aromatic heterocycles. The molecule has 180 valence electrons. The maximum Gasteiger partial charge on any atom is 0.244 e. The van der Waals surface area contributed by atoms with Crippen LogP contribution in [0.2, 0.25) is 0 Å². The number of nitrogens with zero attached hydrogens (tertiary/aromatic N) is 2. The monoisotopic (exact) mass is 471 g/mol. The van der Waals surface area contributed by atoms with Gasteiger partial charge in [0.15, 0.2) is 0 Å². The summed E-state index contributed by atoms with van der Waals surface area (Å²) >= 11 is 0. The first kappa shape index (κ1) is 25.2. The number of amides is 1. The molecule has 1 atom stereocenters. The summed E-state index contributed by atoms with van der Waals surface area (Å²) in [6, 6.07) is 13.1. The van der Waals surface area contributed by atoms with Crippen molar-refractivity contribution in [3.05, 3.63) is 64.7 Å². The Morgan fingerprint density at radius 3 is 2.42 bits per heavy atom. The second-order valence-corrected chi connectivity index (χ2v) is 11.0. The average molecular weight is 472 g/mol. The van der Waals surface area contributed by atoms with E-state index in [4.69, 9.17) is 0 Å². The molecule has 1 aliphatic heterocycles. The lowest BCUT2D eigenvalue weighted by molar-refractivity contribution is -0.122. The fourth-order valence-corrected chi connectivity index (χ4v) is 5.77. The highest BCUT2D eigenvalue weighted by Crippen LogP contribution is 2.27. The Bertz CT molecular complexity index is 1060. The standard InChI is InChI=1S/C26H37N3O3S/c1-5-24(29(33(4,31)32)25-16-20(2)12-13-21(25)3)26(30)27-18-22-10-9-11-23(17-22)19-28-14-7-6-8-15-28/h9-13,16-17,24H,5-8,14-15,18-19H2,1-4H3,(H,27,30)/t24-/m0/s1. The minimum Gasteiger partial charge on any atom is -0.350 e. The molecule has 1 fully saturated rings. The maximum atomic E-state index is 13.2. The van der Waals surface area contributed by atoms with Crippen LogP contribution in [0.25, 0.3) is 0 Å². The summed E-state index contributed by atoms with van der Waals surface area (Å²) in [6.07, 6.45) is 5.36. The number of anilines is 1. The summed E-state index contributed by atoms with van der Waals surface area (Å²) in [7, 11) is -3.65. The van der Waals surface area contributed by atoms with E-state index >= 15 is 0 Å². The van der Waals surface area contributed by atoms with Crippen LogP contribution in [0.3, 0.4) is 0 Å². The third-order valence-electron chi connectivity index (χ3n) is 6.24. The minimum atomic E-state index is -3.65. The third kappa shape index (κ3) is 6.81. The molecule has 1 saturated heterocycles. The molecule has 0 spiro atoms. The Kier molecular flexibility index (Phi) is 8.54. The zero-order valence-corrected chi connectivity index (χ0v) is 21.1. The number of carbonyl (C=O) groups excluding carboxylic acids is 1.